The fourth-order valence-electron chi connectivity index (χ4n) is 4.35. The highest BCUT2D eigenvalue weighted by molar-refractivity contribution is 7.10. The maximum absolute atomic E-state index is 13.2. The highest BCUT2D eigenvalue weighted by atomic mass is 32.1. The number of aliphatic hydroxyl groups is 1. The lowest BCUT2D eigenvalue weighted by Crippen LogP contribution is -2.28. The number of ketones is 1. The van der Waals surface area contributed by atoms with Crippen LogP contribution in [0.3, 0.4) is 0 Å². The normalized spacial score (nSPS) is 16.9. The summed E-state index contributed by atoms with van der Waals surface area (Å²) in [6, 6.07) is 21.9. The van der Waals surface area contributed by atoms with Crippen molar-refractivity contribution < 1.29 is 19.4 Å². The number of nitrogens with zero attached hydrogens (tertiary/aromatic N) is 2. The van der Waals surface area contributed by atoms with E-state index in [4.69, 9.17) is 4.74 Å². The zero-order chi connectivity index (χ0) is 25.1. The molecule has 5 rings (SSSR count). The van der Waals surface area contributed by atoms with E-state index < -0.39 is 17.7 Å². The zero-order valence-electron chi connectivity index (χ0n) is 19.6. The first-order chi connectivity index (χ1) is 17.5. The van der Waals surface area contributed by atoms with Gasteiger partial charge in [0.2, 0.25) is 0 Å². The van der Waals surface area contributed by atoms with Crippen molar-refractivity contribution in [2.24, 2.45) is 0 Å². The molecule has 4 aromatic rings. The van der Waals surface area contributed by atoms with Crippen LogP contribution in [0, 0.1) is 6.92 Å². The van der Waals surface area contributed by atoms with E-state index in [1.165, 1.54) is 16.2 Å². The Morgan fingerprint density at radius 1 is 1.03 bits per heavy atom. The van der Waals surface area contributed by atoms with Gasteiger partial charge in [0.05, 0.1) is 11.6 Å². The van der Waals surface area contributed by atoms with Crippen molar-refractivity contribution >= 4 is 28.8 Å². The summed E-state index contributed by atoms with van der Waals surface area (Å²) < 4.78 is 5.90. The molecule has 0 bridgehead atoms. The van der Waals surface area contributed by atoms with Crippen LogP contribution in [0.2, 0.25) is 0 Å². The van der Waals surface area contributed by atoms with Gasteiger partial charge in [-0.1, -0.05) is 42.5 Å². The molecule has 1 aliphatic heterocycles. The average Bonchev–Trinajstić information content (AvgIpc) is 3.51. The number of carbonyl (C=O) groups is 2. The minimum Gasteiger partial charge on any atom is -0.507 e. The fraction of sp³-hybridized carbons (Fsp3) is 0.138. The van der Waals surface area contributed by atoms with Crippen molar-refractivity contribution in [3.8, 4) is 5.75 Å². The molecule has 36 heavy (non-hydrogen) atoms. The lowest BCUT2D eigenvalue weighted by atomic mass is 9.97. The highest BCUT2D eigenvalue weighted by Gasteiger charge is 2.46. The Bertz CT molecular complexity index is 1420. The third kappa shape index (κ3) is 4.65. The number of aromatic nitrogens is 1. The predicted molar refractivity (Wildman–Crippen MR) is 138 cm³/mol. The number of benzene rings is 2. The number of hydrogen-bond donors (Lipinski definition) is 1. The monoisotopic (exact) mass is 496 g/mol. The molecule has 1 atom stereocenters. The van der Waals surface area contributed by atoms with Crippen LogP contribution in [0.15, 0.2) is 96.1 Å². The van der Waals surface area contributed by atoms with Gasteiger partial charge < -0.3 is 14.7 Å². The van der Waals surface area contributed by atoms with Crippen molar-refractivity contribution in [2.45, 2.75) is 26.1 Å². The number of Topliss-reactive ketones (excluding diaryl/α,β-unsaturated/α-hetero) is 1. The maximum Gasteiger partial charge on any atom is 0.295 e. The molecular weight excluding hydrogens is 472 g/mol. The second-order valence-electron chi connectivity index (χ2n) is 8.55. The lowest BCUT2D eigenvalue weighted by molar-refractivity contribution is -0.140. The van der Waals surface area contributed by atoms with E-state index >= 15 is 0 Å². The predicted octanol–water partition coefficient (Wildman–Crippen LogP) is 5.65. The molecule has 0 spiro atoms. The number of likely N-dealkylation sites (tertiary alicyclic amines) is 1. The molecule has 0 aliphatic carbocycles. The number of ether oxygens (including phenoxy) is 1. The summed E-state index contributed by atoms with van der Waals surface area (Å²) in [5.41, 5.74) is 3.17. The standard InChI is InChI=1S/C29H24N2O4S/c1-19-15-22(35-18-20-7-3-2-4-8-20)11-12-23(19)27(32)25-26(24-10-6-14-36-24)31(29(34)28(25)33)17-21-9-5-13-30-16-21/h2-16,26,32H,17-18H2,1H3/b27-25+/t26-/m0/s1. The molecule has 3 heterocycles. The number of pyridine rings is 1. The van der Waals surface area contributed by atoms with E-state index in [0.717, 1.165) is 21.6 Å². The first-order valence-electron chi connectivity index (χ1n) is 11.5. The van der Waals surface area contributed by atoms with Crippen LogP contribution in [-0.2, 0) is 22.7 Å². The van der Waals surface area contributed by atoms with Crippen LogP contribution < -0.4 is 4.74 Å². The molecule has 0 unspecified atom stereocenters. The Kier molecular flexibility index (Phi) is 6.64. The molecule has 1 fully saturated rings. The van der Waals surface area contributed by atoms with Gasteiger partial charge in [-0.05, 0) is 59.3 Å². The molecule has 6 nitrogen and oxygen atoms in total. The van der Waals surface area contributed by atoms with Gasteiger partial charge in [0.15, 0.2) is 0 Å². The smallest absolute Gasteiger partial charge is 0.295 e. The Balaban J connectivity index is 1.49. The largest absolute Gasteiger partial charge is 0.507 e. The highest BCUT2D eigenvalue weighted by Crippen LogP contribution is 2.42. The van der Waals surface area contributed by atoms with Crippen molar-refractivity contribution in [1.29, 1.82) is 0 Å². The third-order valence-electron chi connectivity index (χ3n) is 6.13. The van der Waals surface area contributed by atoms with Gasteiger partial charge in [-0.25, -0.2) is 0 Å². The van der Waals surface area contributed by atoms with E-state index in [1.807, 2.05) is 66.9 Å². The number of hydrogen-bond acceptors (Lipinski definition) is 6. The van der Waals surface area contributed by atoms with Gasteiger partial charge in [0, 0.05) is 29.4 Å². The first-order valence-corrected chi connectivity index (χ1v) is 12.4. The summed E-state index contributed by atoms with van der Waals surface area (Å²) in [4.78, 5) is 32.8. The lowest BCUT2D eigenvalue weighted by Gasteiger charge is -2.24. The zero-order valence-corrected chi connectivity index (χ0v) is 20.4. The number of rotatable bonds is 7. The second kappa shape index (κ2) is 10.2. The third-order valence-corrected chi connectivity index (χ3v) is 7.05. The molecule has 1 amide bonds. The van der Waals surface area contributed by atoms with E-state index in [1.54, 1.807) is 30.6 Å². The van der Waals surface area contributed by atoms with Gasteiger partial charge in [-0.15, -0.1) is 11.3 Å². The van der Waals surface area contributed by atoms with Crippen LogP contribution in [0.5, 0.6) is 5.75 Å². The average molecular weight is 497 g/mol. The summed E-state index contributed by atoms with van der Waals surface area (Å²) in [6.07, 6.45) is 3.33. The van der Waals surface area contributed by atoms with Gasteiger partial charge in [0.25, 0.3) is 11.7 Å². The van der Waals surface area contributed by atoms with Crippen LogP contribution >= 0.6 is 11.3 Å². The minimum atomic E-state index is -0.696. The number of aryl methyl sites for hydroxylation is 1. The summed E-state index contributed by atoms with van der Waals surface area (Å²) in [6.45, 7) is 2.47. The summed E-state index contributed by atoms with van der Waals surface area (Å²) in [5.74, 6) is -0.870. The fourth-order valence-corrected chi connectivity index (χ4v) is 5.20. The SMILES string of the molecule is Cc1cc(OCc2ccccc2)ccc1/C(O)=C1\C(=O)C(=O)N(Cc2cccnc2)[C@H]1c1cccs1. The number of carbonyl (C=O) groups excluding carboxylic acids is 2. The molecule has 7 heteroatoms. The number of aliphatic hydroxyl groups excluding tert-OH is 1. The first kappa shape index (κ1) is 23.5. The topological polar surface area (TPSA) is 79.7 Å². The van der Waals surface area contributed by atoms with Gasteiger partial charge in [-0.3, -0.25) is 14.6 Å². The Labute approximate surface area is 213 Å². The second-order valence-corrected chi connectivity index (χ2v) is 9.53. The Morgan fingerprint density at radius 2 is 1.83 bits per heavy atom. The maximum atomic E-state index is 13.2. The molecular formula is C29H24N2O4S. The molecule has 0 radical (unpaired) electrons. The number of amides is 1. The molecule has 1 N–H and O–H groups in total. The summed E-state index contributed by atoms with van der Waals surface area (Å²) in [5, 5.41) is 13.3. The summed E-state index contributed by atoms with van der Waals surface area (Å²) >= 11 is 1.44. The van der Waals surface area contributed by atoms with Crippen molar-refractivity contribution in [3.63, 3.8) is 0 Å². The quantitative estimate of drug-likeness (QED) is 0.203. The molecule has 1 saturated heterocycles. The van der Waals surface area contributed by atoms with Crippen LogP contribution in [0.1, 0.15) is 33.2 Å². The van der Waals surface area contributed by atoms with Crippen molar-refractivity contribution in [3.05, 3.63) is 123 Å². The molecule has 0 saturated carbocycles. The van der Waals surface area contributed by atoms with E-state index in [9.17, 15) is 14.7 Å². The molecule has 1 aliphatic rings. The Morgan fingerprint density at radius 3 is 2.53 bits per heavy atom. The van der Waals surface area contributed by atoms with Crippen molar-refractivity contribution in [1.82, 2.24) is 9.88 Å². The van der Waals surface area contributed by atoms with Crippen LogP contribution in [0.4, 0.5) is 0 Å². The van der Waals surface area contributed by atoms with Crippen molar-refractivity contribution in [2.75, 3.05) is 0 Å². The van der Waals surface area contributed by atoms with Gasteiger partial charge >= 0.3 is 0 Å². The molecule has 2 aromatic carbocycles. The molecule has 2 aromatic heterocycles. The van der Waals surface area contributed by atoms with E-state index in [2.05, 4.69) is 4.98 Å². The number of thiophene rings is 1. The minimum absolute atomic E-state index is 0.0902. The van der Waals surface area contributed by atoms with E-state index in [-0.39, 0.29) is 17.9 Å². The summed E-state index contributed by atoms with van der Waals surface area (Å²) in [7, 11) is 0. The Hall–Kier alpha value is -4.23. The van der Waals surface area contributed by atoms with Crippen LogP contribution in [0.25, 0.3) is 5.76 Å². The van der Waals surface area contributed by atoms with Gasteiger partial charge in [-0.2, -0.15) is 0 Å². The van der Waals surface area contributed by atoms with E-state index in [0.29, 0.717) is 17.9 Å². The molecule has 180 valence electrons. The van der Waals surface area contributed by atoms with Gasteiger partial charge in [0.1, 0.15) is 18.1 Å². The van der Waals surface area contributed by atoms with Crippen LogP contribution in [-0.4, -0.2) is 26.7 Å².